The summed E-state index contributed by atoms with van der Waals surface area (Å²) < 4.78 is 4.76. The van der Waals surface area contributed by atoms with Crippen molar-refractivity contribution >= 4 is 11.1 Å². The Labute approximate surface area is 67.1 Å². The maximum absolute atomic E-state index is 10.7. The van der Waals surface area contributed by atoms with Gasteiger partial charge in [-0.25, -0.2) is 9.78 Å². The van der Waals surface area contributed by atoms with Crippen molar-refractivity contribution in [3.63, 3.8) is 0 Å². The van der Waals surface area contributed by atoms with E-state index in [4.69, 9.17) is 4.42 Å². The fourth-order valence-electron chi connectivity index (χ4n) is 0.983. The van der Waals surface area contributed by atoms with E-state index >= 15 is 0 Å². The van der Waals surface area contributed by atoms with Crippen LogP contribution in [0.4, 0.5) is 0 Å². The molecule has 1 N–H and O–H groups in total. The molecule has 0 radical (unpaired) electrons. The smallest absolute Gasteiger partial charge is 0.340 e. The Morgan fingerprint density at radius 3 is 3.17 bits per heavy atom. The molecule has 2 aromatic rings. The quantitative estimate of drug-likeness (QED) is 0.626. The van der Waals surface area contributed by atoms with Crippen LogP contribution >= 0.6 is 0 Å². The number of pyridine rings is 1. The summed E-state index contributed by atoms with van der Waals surface area (Å²) in [4.78, 5) is 14.6. The van der Waals surface area contributed by atoms with Crippen molar-refractivity contribution in [1.82, 2.24) is 4.98 Å². The zero-order valence-corrected chi connectivity index (χ0v) is 6.02. The predicted molar refractivity (Wildman–Crippen MR) is 41.9 cm³/mol. The lowest BCUT2D eigenvalue weighted by Crippen LogP contribution is -1.95. The Balaban J connectivity index is 2.99. The average Bonchev–Trinajstić information content (AvgIpc) is 2.04. The second-order valence-electron chi connectivity index (χ2n) is 2.30. The van der Waals surface area contributed by atoms with Crippen LogP contribution in [0.2, 0.25) is 0 Å². The zero-order chi connectivity index (χ0) is 8.55. The van der Waals surface area contributed by atoms with Gasteiger partial charge >= 0.3 is 5.63 Å². The molecule has 0 spiro atoms. The number of hydrogen-bond donors (Lipinski definition) is 1. The van der Waals surface area contributed by atoms with E-state index in [1.54, 1.807) is 12.1 Å². The Bertz CT molecular complexity index is 475. The van der Waals surface area contributed by atoms with E-state index in [0.717, 1.165) is 6.07 Å². The van der Waals surface area contributed by atoms with Gasteiger partial charge in [0.15, 0.2) is 11.3 Å². The minimum absolute atomic E-state index is 0.151. The van der Waals surface area contributed by atoms with E-state index in [-0.39, 0.29) is 5.75 Å². The van der Waals surface area contributed by atoms with Crippen LogP contribution in [-0.2, 0) is 0 Å². The maximum Gasteiger partial charge on any atom is 0.340 e. The second-order valence-corrected chi connectivity index (χ2v) is 2.30. The summed E-state index contributed by atoms with van der Waals surface area (Å²) in [6, 6.07) is 4.20. The third-order valence-corrected chi connectivity index (χ3v) is 1.48. The van der Waals surface area contributed by atoms with E-state index in [1.807, 2.05) is 0 Å². The molecule has 0 saturated carbocycles. The van der Waals surface area contributed by atoms with Crippen LogP contribution in [0.1, 0.15) is 0 Å². The molecule has 0 fully saturated rings. The third kappa shape index (κ3) is 0.934. The average molecular weight is 163 g/mol. The van der Waals surface area contributed by atoms with E-state index in [0.29, 0.717) is 11.1 Å². The van der Waals surface area contributed by atoms with Gasteiger partial charge in [0.25, 0.3) is 0 Å². The zero-order valence-electron chi connectivity index (χ0n) is 6.02. The molecule has 4 nitrogen and oxygen atoms in total. The molecular formula is C8H5NO3. The highest BCUT2D eigenvalue weighted by Crippen LogP contribution is 2.18. The topological polar surface area (TPSA) is 63.3 Å². The second kappa shape index (κ2) is 2.34. The molecule has 2 aromatic heterocycles. The van der Waals surface area contributed by atoms with Gasteiger partial charge in [-0.05, 0) is 12.1 Å². The van der Waals surface area contributed by atoms with E-state index in [2.05, 4.69) is 4.98 Å². The molecule has 0 aliphatic rings. The molecule has 0 bridgehead atoms. The number of rotatable bonds is 0. The lowest BCUT2D eigenvalue weighted by Gasteiger charge is -1.95. The van der Waals surface area contributed by atoms with Gasteiger partial charge in [0.2, 0.25) is 0 Å². The van der Waals surface area contributed by atoms with Crippen molar-refractivity contribution < 1.29 is 9.52 Å². The monoisotopic (exact) mass is 163 g/mol. The van der Waals surface area contributed by atoms with Gasteiger partial charge in [0.1, 0.15) is 5.52 Å². The lowest BCUT2D eigenvalue weighted by molar-refractivity contribution is 0.466. The maximum atomic E-state index is 10.7. The molecule has 0 unspecified atom stereocenters. The van der Waals surface area contributed by atoms with Gasteiger partial charge in [-0.3, -0.25) is 0 Å². The highest BCUT2D eigenvalue weighted by molar-refractivity contribution is 5.77. The number of hydrogen-bond acceptors (Lipinski definition) is 4. The van der Waals surface area contributed by atoms with Crippen molar-refractivity contribution in [2.24, 2.45) is 0 Å². The summed E-state index contributed by atoms with van der Waals surface area (Å²) >= 11 is 0. The molecule has 12 heavy (non-hydrogen) atoms. The highest BCUT2D eigenvalue weighted by atomic mass is 16.4. The minimum atomic E-state index is -0.576. The normalized spacial score (nSPS) is 10.3. The van der Waals surface area contributed by atoms with Gasteiger partial charge in [-0.2, -0.15) is 0 Å². The highest BCUT2D eigenvalue weighted by Gasteiger charge is 2.02. The van der Waals surface area contributed by atoms with Crippen molar-refractivity contribution in [3.05, 3.63) is 34.8 Å². The fourth-order valence-corrected chi connectivity index (χ4v) is 0.983. The van der Waals surface area contributed by atoms with Crippen molar-refractivity contribution in [1.29, 1.82) is 0 Å². The molecule has 0 atom stereocenters. The first-order valence-corrected chi connectivity index (χ1v) is 3.35. The van der Waals surface area contributed by atoms with Crippen molar-refractivity contribution in [2.45, 2.75) is 0 Å². The third-order valence-electron chi connectivity index (χ3n) is 1.48. The summed E-state index contributed by atoms with van der Waals surface area (Å²) in [6.07, 6.45) is 1.52. The summed E-state index contributed by atoms with van der Waals surface area (Å²) in [5.41, 5.74) is 0.0209. The Morgan fingerprint density at radius 2 is 2.33 bits per heavy atom. The molecule has 60 valence electrons. The first kappa shape index (κ1) is 6.84. The number of fused-ring (bicyclic) bond motifs is 1. The molecule has 0 amide bonds. The van der Waals surface area contributed by atoms with Crippen LogP contribution in [-0.4, -0.2) is 10.1 Å². The van der Waals surface area contributed by atoms with Crippen LogP contribution < -0.4 is 5.63 Å². The van der Waals surface area contributed by atoms with Gasteiger partial charge in [0, 0.05) is 6.20 Å². The van der Waals surface area contributed by atoms with Gasteiger partial charge in [0.05, 0.1) is 6.07 Å². The van der Waals surface area contributed by atoms with Crippen molar-refractivity contribution in [2.75, 3.05) is 0 Å². The lowest BCUT2D eigenvalue weighted by atomic mass is 10.3. The molecule has 2 rings (SSSR count). The van der Waals surface area contributed by atoms with Gasteiger partial charge in [-0.1, -0.05) is 0 Å². The minimum Gasteiger partial charge on any atom is -0.505 e. The molecule has 0 saturated heterocycles. The Hall–Kier alpha value is -1.84. The fraction of sp³-hybridized carbons (Fsp3) is 0. The van der Waals surface area contributed by atoms with Gasteiger partial charge < -0.3 is 9.52 Å². The predicted octanol–water partition coefficient (Wildman–Crippen LogP) is 0.894. The summed E-state index contributed by atoms with van der Waals surface area (Å²) in [5.74, 6) is -0.151. The first-order chi connectivity index (χ1) is 5.77. The van der Waals surface area contributed by atoms with Crippen LogP contribution in [0.3, 0.4) is 0 Å². The Morgan fingerprint density at radius 1 is 1.50 bits per heavy atom. The van der Waals surface area contributed by atoms with E-state index in [9.17, 15) is 9.90 Å². The molecule has 0 aliphatic heterocycles. The summed E-state index contributed by atoms with van der Waals surface area (Å²) in [5, 5.41) is 9.23. The number of aromatic nitrogens is 1. The van der Waals surface area contributed by atoms with Crippen LogP contribution in [0.15, 0.2) is 33.6 Å². The van der Waals surface area contributed by atoms with E-state index in [1.165, 1.54) is 6.20 Å². The molecule has 2 heterocycles. The number of nitrogens with zero attached hydrogens (tertiary/aromatic N) is 1. The molecule has 4 heteroatoms. The van der Waals surface area contributed by atoms with Crippen LogP contribution in [0, 0.1) is 0 Å². The number of aromatic hydroxyl groups is 1. The Kier molecular flexibility index (Phi) is 1.33. The van der Waals surface area contributed by atoms with E-state index < -0.39 is 5.63 Å². The summed E-state index contributed by atoms with van der Waals surface area (Å²) in [6.45, 7) is 0. The standard InChI is InChI=1S/C8H5NO3/c10-5-4-7(11)12-6-2-1-3-9-8(5)6/h1-4,10H. The molecule has 0 aromatic carbocycles. The van der Waals surface area contributed by atoms with Crippen LogP contribution in [0.5, 0.6) is 5.75 Å². The SMILES string of the molecule is O=c1cc(O)c2ncccc2o1. The molecule has 0 aliphatic carbocycles. The van der Waals surface area contributed by atoms with Crippen LogP contribution in [0.25, 0.3) is 11.1 Å². The largest absolute Gasteiger partial charge is 0.505 e. The first-order valence-electron chi connectivity index (χ1n) is 3.35. The summed E-state index contributed by atoms with van der Waals surface area (Å²) in [7, 11) is 0. The van der Waals surface area contributed by atoms with Crippen molar-refractivity contribution in [3.8, 4) is 5.75 Å². The van der Waals surface area contributed by atoms with Gasteiger partial charge in [-0.15, -0.1) is 0 Å². The molecular weight excluding hydrogens is 158 g/mol.